The zero-order valence-corrected chi connectivity index (χ0v) is 6.93. The predicted molar refractivity (Wildman–Crippen MR) is 42.8 cm³/mol. The van der Waals surface area contributed by atoms with Crippen molar-refractivity contribution in [3.63, 3.8) is 0 Å². The Morgan fingerprint density at radius 1 is 1.69 bits per heavy atom. The summed E-state index contributed by atoms with van der Waals surface area (Å²) in [5.74, 6) is 1.18. The summed E-state index contributed by atoms with van der Waals surface area (Å²) in [6.45, 7) is 0. The molecule has 2 rings (SSSR count). The molecule has 1 aromatic rings. The predicted octanol–water partition coefficient (Wildman–Crippen LogP) is 0.146. The number of primary amides is 1. The van der Waals surface area contributed by atoms with Crippen LogP contribution in [0.25, 0.3) is 0 Å². The van der Waals surface area contributed by atoms with E-state index in [1.54, 1.807) is 0 Å². The molecule has 0 atom stereocenters. The standard InChI is InChI=1S/C7H10N4O2/c8-7(12)13-5-1-4(2-5)6-9-3-10-11-6/h3-5H,1-2H2,(H2,8,12)(H,9,10,11)/t4-,5+. The summed E-state index contributed by atoms with van der Waals surface area (Å²) in [5, 5.41) is 7.55. The van der Waals surface area contributed by atoms with Crippen LogP contribution in [-0.2, 0) is 4.74 Å². The van der Waals surface area contributed by atoms with E-state index in [9.17, 15) is 4.79 Å². The lowest BCUT2D eigenvalue weighted by atomic mass is 9.82. The summed E-state index contributed by atoms with van der Waals surface area (Å²) >= 11 is 0. The quantitative estimate of drug-likeness (QED) is 0.680. The van der Waals surface area contributed by atoms with E-state index in [0.717, 1.165) is 18.7 Å². The monoisotopic (exact) mass is 182 g/mol. The molecule has 0 saturated heterocycles. The first-order chi connectivity index (χ1) is 6.25. The van der Waals surface area contributed by atoms with Crippen LogP contribution in [0.15, 0.2) is 6.33 Å². The molecule has 3 N–H and O–H groups in total. The summed E-state index contributed by atoms with van der Waals surface area (Å²) in [6.07, 6.45) is 2.34. The summed E-state index contributed by atoms with van der Waals surface area (Å²) in [7, 11) is 0. The second kappa shape index (κ2) is 3.04. The van der Waals surface area contributed by atoms with E-state index in [1.165, 1.54) is 6.33 Å². The second-order valence-corrected chi connectivity index (χ2v) is 3.10. The van der Waals surface area contributed by atoms with Crippen molar-refractivity contribution in [3.05, 3.63) is 12.2 Å². The number of aromatic amines is 1. The number of H-pyrrole nitrogens is 1. The topological polar surface area (TPSA) is 93.9 Å². The smallest absolute Gasteiger partial charge is 0.404 e. The third-order valence-corrected chi connectivity index (χ3v) is 2.20. The Morgan fingerprint density at radius 2 is 2.46 bits per heavy atom. The Balaban J connectivity index is 1.82. The zero-order valence-electron chi connectivity index (χ0n) is 6.93. The molecule has 70 valence electrons. The van der Waals surface area contributed by atoms with E-state index in [1.807, 2.05) is 0 Å². The summed E-state index contributed by atoms with van der Waals surface area (Å²) in [4.78, 5) is 13.3. The van der Waals surface area contributed by atoms with Crippen LogP contribution in [-0.4, -0.2) is 27.4 Å². The highest BCUT2D eigenvalue weighted by atomic mass is 16.6. The van der Waals surface area contributed by atoms with Gasteiger partial charge in [-0.2, -0.15) is 0 Å². The molecular formula is C7H10N4O2. The number of hydrogen-bond donors (Lipinski definition) is 2. The highest BCUT2D eigenvalue weighted by Gasteiger charge is 2.34. The molecule has 13 heavy (non-hydrogen) atoms. The maximum Gasteiger partial charge on any atom is 0.404 e. The maximum absolute atomic E-state index is 10.4. The van der Waals surface area contributed by atoms with Gasteiger partial charge >= 0.3 is 6.09 Å². The van der Waals surface area contributed by atoms with E-state index in [2.05, 4.69) is 15.2 Å². The minimum atomic E-state index is -0.707. The number of carbonyl (C=O) groups is 1. The molecule has 1 aromatic heterocycles. The molecule has 6 nitrogen and oxygen atoms in total. The Bertz CT molecular complexity index is 291. The van der Waals surface area contributed by atoms with E-state index < -0.39 is 6.09 Å². The Labute approximate surface area is 74.5 Å². The van der Waals surface area contributed by atoms with Gasteiger partial charge in [0.15, 0.2) is 0 Å². The largest absolute Gasteiger partial charge is 0.446 e. The van der Waals surface area contributed by atoms with Gasteiger partial charge in [-0.25, -0.2) is 4.79 Å². The second-order valence-electron chi connectivity index (χ2n) is 3.10. The molecule has 0 bridgehead atoms. The van der Waals surface area contributed by atoms with Gasteiger partial charge in [-0.05, 0) is 12.8 Å². The van der Waals surface area contributed by atoms with Gasteiger partial charge in [0.2, 0.25) is 0 Å². The lowest BCUT2D eigenvalue weighted by molar-refractivity contribution is 0.0435. The molecule has 0 spiro atoms. The van der Waals surface area contributed by atoms with Crippen molar-refractivity contribution < 1.29 is 9.53 Å². The Kier molecular flexibility index (Phi) is 1.88. The number of nitrogens with one attached hydrogen (secondary N) is 1. The summed E-state index contributed by atoms with van der Waals surface area (Å²) < 4.78 is 4.79. The lowest BCUT2D eigenvalue weighted by Gasteiger charge is -2.32. The van der Waals surface area contributed by atoms with Gasteiger partial charge in [0.1, 0.15) is 18.3 Å². The number of rotatable bonds is 2. The van der Waals surface area contributed by atoms with Gasteiger partial charge in [0.25, 0.3) is 0 Å². The van der Waals surface area contributed by atoms with Crippen LogP contribution >= 0.6 is 0 Å². The van der Waals surface area contributed by atoms with Crippen LogP contribution < -0.4 is 5.73 Å². The fourth-order valence-electron chi connectivity index (χ4n) is 1.46. The number of amides is 1. The molecule has 0 radical (unpaired) electrons. The highest BCUT2D eigenvalue weighted by molar-refractivity contribution is 5.64. The zero-order chi connectivity index (χ0) is 9.26. The molecular weight excluding hydrogens is 172 g/mol. The fourth-order valence-corrected chi connectivity index (χ4v) is 1.46. The van der Waals surface area contributed by atoms with Crippen molar-refractivity contribution in [1.29, 1.82) is 0 Å². The first-order valence-corrected chi connectivity index (χ1v) is 4.07. The van der Waals surface area contributed by atoms with Crippen LogP contribution in [0, 0.1) is 0 Å². The van der Waals surface area contributed by atoms with Crippen molar-refractivity contribution in [1.82, 2.24) is 15.2 Å². The van der Waals surface area contributed by atoms with Crippen molar-refractivity contribution in [3.8, 4) is 0 Å². The normalized spacial score (nSPS) is 26.5. The minimum Gasteiger partial charge on any atom is -0.446 e. The molecule has 0 aromatic carbocycles. The number of nitrogens with zero attached hydrogens (tertiary/aromatic N) is 2. The number of nitrogens with two attached hydrogens (primary N) is 1. The first kappa shape index (κ1) is 8.03. The van der Waals surface area contributed by atoms with Crippen molar-refractivity contribution >= 4 is 6.09 Å². The van der Waals surface area contributed by atoms with Crippen LogP contribution in [0.5, 0.6) is 0 Å². The third-order valence-electron chi connectivity index (χ3n) is 2.20. The maximum atomic E-state index is 10.4. The van der Waals surface area contributed by atoms with Gasteiger partial charge in [-0.3, -0.25) is 0 Å². The number of carbonyl (C=O) groups excluding carboxylic acids is 1. The van der Waals surface area contributed by atoms with Crippen LogP contribution in [0.3, 0.4) is 0 Å². The number of ether oxygens (including phenoxy) is 1. The molecule has 1 amide bonds. The average Bonchev–Trinajstić information content (AvgIpc) is 2.46. The van der Waals surface area contributed by atoms with Gasteiger partial charge in [0.05, 0.1) is 0 Å². The first-order valence-electron chi connectivity index (χ1n) is 4.07. The Morgan fingerprint density at radius 3 is 3.00 bits per heavy atom. The molecule has 1 aliphatic carbocycles. The molecule has 6 heteroatoms. The molecule has 1 heterocycles. The summed E-state index contributed by atoms with van der Waals surface area (Å²) in [5.41, 5.74) is 4.87. The van der Waals surface area contributed by atoms with Crippen LogP contribution in [0.4, 0.5) is 4.79 Å². The molecule has 0 unspecified atom stereocenters. The van der Waals surface area contributed by atoms with Crippen LogP contribution in [0.2, 0.25) is 0 Å². The molecule has 1 aliphatic rings. The van der Waals surface area contributed by atoms with E-state index in [4.69, 9.17) is 10.5 Å². The lowest BCUT2D eigenvalue weighted by Crippen LogP contribution is -2.34. The SMILES string of the molecule is NC(=O)O[C@H]1C[C@@H](c2nnc[nH]2)C1. The van der Waals surface area contributed by atoms with Gasteiger partial charge in [-0.15, -0.1) is 10.2 Å². The van der Waals surface area contributed by atoms with Gasteiger partial charge in [-0.1, -0.05) is 0 Å². The average molecular weight is 182 g/mol. The van der Waals surface area contributed by atoms with Gasteiger partial charge < -0.3 is 15.5 Å². The van der Waals surface area contributed by atoms with E-state index in [-0.39, 0.29) is 6.10 Å². The third kappa shape index (κ3) is 1.61. The molecule has 1 fully saturated rings. The summed E-state index contributed by atoms with van der Waals surface area (Å²) in [6, 6.07) is 0. The number of aromatic nitrogens is 3. The van der Waals surface area contributed by atoms with Crippen molar-refractivity contribution in [2.75, 3.05) is 0 Å². The van der Waals surface area contributed by atoms with Crippen molar-refractivity contribution in [2.24, 2.45) is 5.73 Å². The fraction of sp³-hybridized carbons (Fsp3) is 0.571. The van der Waals surface area contributed by atoms with Gasteiger partial charge in [0, 0.05) is 5.92 Å². The Hall–Kier alpha value is -1.59. The van der Waals surface area contributed by atoms with Crippen LogP contribution in [0.1, 0.15) is 24.6 Å². The van der Waals surface area contributed by atoms with E-state index in [0.29, 0.717) is 5.92 Å². The number of hydrogen-bond acceptors (Lipinski definition) is 4. The minimum absolute atomic E-state index is 0.0485. The van der Waals surface area contributed by atoms with E-state index >= 15 is 0 Å². The molecule has 1 saturated carbocycles. The van der Waals surface area contributed by atoms with Crippen molar-refractivity contribution in [2.45, 2.75) is 24.9 Å². The molecule has 0 aliphatic heterocycles. The highest BCUT2D eigenvalue weighted by Crippen LogP contribution is 2.36.